The van der Waals surface area contributed by atoms with E-state index in [2.05, 4.69) is 23.1 Å². The molecule has 1 aromatic heterocycles. The topological polar surface area (TPSA) is 42.0 Å². The summed E-state index contributed by atoms with van der Waals surface area (Å²) >= 11 is 1.60. The van der Waals surface area contributed by atoms with Gasteiger partial charge in [0.25, 0.3) is 5.91 Å². The van der Waals surface area contributed by atoms with E-state index in [1.54, 1.807) is 11.3 Å². The molecule has 2 aromatic rings. The van der Waals surface area contributed by atoms with Crippen molar-refractivity contribution in [2.45, 2.75) is 26.1 Å². The molecule has 0 radical (unpaired) electrons. The van der Waals surface area contributed by atoms with Crippen molar-refractivity contribution in [2.75, 3.05) is 44.3 Å². The minimum absolute atomic E-state index is 0.0740. The van der Waals surface area contributed by atoms with Gasteiger partial charge in [0, 0.05) is 31.7 Å². The number of carbonyl (C=O) groups excluding carboxylic acids is 1. The van der Waals surface area contributed by atoms with Crippen molar-refractivity contribution >= 4 is 22.2 Å². The van der Waals surface area contributed by atoms with Crippen LogP contribution in [0.5, 0.6) is 0 Å². The van der Waals surface area contributed by atoms with Gasteiger partial charge in [0.15, 0.2) is 0 Å². The Labute approximate surface area is 164 Å². The van der Waals surface area contributed by atoms with Crippen molar-refractivity contribution in [3.63, 3.8) is 0 Å². The van der Waals surface area contributed by atoms with E-state index in [1.165, 1.54) is 5.00 Å². The highest BCUT2D eigenvalue weighted by molar-refractivity contribution is 7.18. The lowest BCUT2D eigenvalue weighted by Gasteiger charge is -2.35. The second-order valence-electron chi connectivity index (χ2n) is 7.26. The zero-order valence-corrected chi connectivity index (χ0v) is 16.7. The maximum absolute atomic E-state index is 13.2. The summed E-state index contributed by atoms with van der Waals surface area (Å²) in [5.74, 6) is 0.110. The van der Waals surface area contributed by atoms with Crippen LogP contribution in [0, 0.1) is 0 Å². The zero-order chi connectivity index (χ0) is 18.8. The van der Waals surface area contributed by atoms with E-state index in [1.807, 2.05) is 36.9 Å². The summed E-state index contributed by atoms with van der Waals surface area (Å²) in [4.78, 5) is 18.3. The quantitative estimate of drug-likeness (QED) is 0.810. The molecule has 144 valence electrons. The smallest absolute Gasteiger partial charge is 0.264 e. The Balaban J connectivity index is 1.67. The normalized spacial score (nSPS) is 23.5. The molecule has 27 heavy (non-hydrogen) atoms. The minimum atomic E-state index is 0.0740. The molecule has 0 N–H and O–H groups in total. The molecular formula is C21H26N2O3S. The van der Waals surface area contributed by atoms with Gasteiger partial charge in [0.2, 0.25) is 0 Å². The van der Waals surface area contributed by atoms with Gasteiger partial charge in [-0.2, -0.15) is 0 Å². The highest BCUT2D eigenvalue weighted by Gasteiger charge is 2.29. The number of benzene rings is 1. The molecule has 5 nitrogen and oxygen atoms in total. The van der Waals surface area contributed by atoms with E-state index in [4.69, 9.17) is 9.47 Å². The van der Waals surface area contributed by atoms with Gasteiger partial charge in [-0.25, -0.2) is 0 Å². The summed E-state index contributed by atoms with van der Waals surface area (Å²) in [6, 6.07) is 12.4. The molecular weight excluding hydrogens is 360 g/mol. The summed E-state index contributed by atoms with van der Waals surface area (Å²) in [5, 5.41) is 1.17. The molecule has 1 amide bonds. The summed E-state index contributed by atoms with van der Waals surface area (Å²) < 4.78 is 11.3. The predicted molar refractivity (Wildman–Crippen MR) is 109 cm³/mol. The van der Waals surface area contributed by atoms with Crippen LogP contribution in [0.4, 0.5) is 5.00 Å². The van der Waals surface area contributed by atoms with E-state index in [0.29, 0.717) is 13.1 Å². The van der Waals surface area contributed by atoms with E-state index in [9.17, 15) is 4.79 Å². The SMILES string of the molecule is C[C@H]1CN(C(=O)c2cc(-c3ccccc3)c(N3CCOCC3)s2)C[C@H](C)O1. The summed E-state index contributed by atoms with van der Waals surface area (Å²) in [6.07, 6.45) is 0.148. The van der Waals surface area contributed by atoms with Gasteiger partial charge in [-0.05, 0) is 25.5 Å². The monoisotopic (exact) mass is 386 g/mol. The molecule has 4 rings (SSSR count). The predicted octanol–water partition coefficient (Wildman–Crippen LogP) is 3.50. The van der Waals surface area contributed by atoms with Gasteiger partial charge < -0.3 is 19.3 Å². The first-order chi connectivity index (χ1) is 13.1. The van der Waals surface area contributed by atoms with Crippen molar-refractivity contribution in [2.24, 2.45) is 0 Å². The van der Waals surface area contributed by atoms with E-state index >= 15 is 0 Å². The number of amides is 1. The van der Waals surface area contributed by atoms with Crippen LogP contribution < -0.4 is 4.90 Å². The van der Waals surface area contributed by atoms with Gasteiger partial charge in [-0.15, -0.1) is 11.3 Å². The largest absolute Gasteiger partial charge is 0.378 e. The Morgan fingerprint density at radius 3 is 2.41 bits per heavy atom. The molecule has 0 spiro atoms. The Hall–Kier alpha value is -1.89. The van der Waals surface area contributed by atoms with Crippen LogP contribution in [0.15, 0.2) is 36.4 Å². The number of thiophene rings is 1. The first-order valence-electron chi connectivity index (χ1n) is 9.58. The van der Waals surface area contributed by atoms with Crippen LogP contribution >= 0.6 is 11.3 Å². The van der Waals surface area contributed by atoms with Crippen LogP contribution in [-0.4, -0.2) is 62.4 Å². The van der Waals surface area contributed by atoms with Crippen LogP contribution in [-0.2, 0) is 9.47 Å². The lowest BCUT2D eigenvalue weighted by Crippen LogP contribution is -2.48. The maximum Gasteiger partial charge on any atom is 0.264 e. The Bertz CT molecular complexity index is 776. The van der Waals surface area contributed by atoms with Crippen molar-refractivity contribution < 1.29 is 14.3 Å². The molecule has 2 atom stereocenters. The van der Waals surface area contributed by atoms with Gasteiger partial charge in [-0.1, -0.05) is 30.3 Å². The summed E-state index contributed by atoms with van der Waals surface area (Å²) in [5.41, 5.74) is 2.29. The maximum atomic E-state index is 13.2. The first kappa shape index (κ1) is 18.5. The molecule has 2 aliphatic rings. The van der Waals surface area contributed by atoms with Gasteiger partial charge in [0.1, 0.15) is 0 Å². The fourth-order valence-corrected chi connectivity index (χ4v) is 5.01. The van der Waals surface area contributed by atoms with E-state index in [-0.39, 0.29) is 18.1 Å². The van der Waals surface area contributed by atoms with Gasteiger partial charge in [-0.3, -0.25) is 4.79 Å². The Morgan fingerprint density at radius 2 is 1.74 bits per heavy atom. The molecule has 2 fully saturated rings. The van der Waals surface area contributed by atoms with Crippen molar-refractivity contribution in [3.8, 4) is 11.1 Å². The fourth-order valence-electron chi connectivity index (χ4n) is 3.81. The number of hydrogen-bond donors (Lipinski definition) is 0. The molecule has 6 heteroatoms. The van der Waals surface area contributed by atoms with Crippen LogP contribution in [0.2, 0.25) is 0 Å². The Morgan fingerprint density at radius 1 is 1.07 bits per heavy atom. The molecule has 2 saturated heterocycles. The average Bonchev–Trinajstić information content (AvgIpc) is 3.13. The van der Waals surface area contributed by atoms with Crippen molar-refractivity contribution in [3.05, 3.63) is 41.3 Å². The third-order valence-corrected chi connectivity index (χ3v) is 6.20. The van der Waals surface area contributed by atoms with E-state index < -0.39 is 0 Å². The molecule has 0 saturated carbocycles. The lowest BCUT2D eigenvalue weighted by molar-refractivity contribution is -0.0585. The molecule has 2 aliphatic heterocycles. The second kappa shape index (κ2) is 8.00. The van der Waals surface area contributed by atoms with Crippen molar-refractivity contribution in [1.82, 2.24) is 4.90 Å². The summed E-state index contributed by atoms with van der Waals surface area (Å²) in [6.45, 7) is 8.53. The van der Waals surface area contributed by atoms with E-state index in [0.717, 1.165) is 42.3 Å². The lowest BCUT2D eigenvalue weighted by atomic mass is 10.1. The number of carbonyl (C=O) groups is 1. The highest BCUT2D eigenvalue weighted by Crippen LogP contribution is 2.40. The molecule has 0 bridgehead atoms. The number of nitrogens with zero attached hydrogens (tertiary/aromatic N) is 2. The summed E-state index contributed by atoms with van der Waals surface area (Å²) in [7, 11) is 0. The average molecular weight is 387 g/mol. The fraction of sp³-hybridized carbons (Fsp3) is 0.476. The third kappa shape index (κ3) is 4.03. The molecule has 1 aromatic carbocycles. The Kier molecular flexibility index (Phi) is 5.48. The number of ether oxygens (including phenoxy) is 2. The zero-order valence-electron chi connectivity index (χ0n) is 15.9. The van der Waals surface area contributed by atoms with Crippen LogP contribution in [0.25, 0.3) is 11.1 Å². The molecule has 3 heterocycles. The number of morpholine rings is 2. The third-order valence-electron chi connectivity index (χ3n) is 5.01. The number of anilines is 1. The molecule has 0 aliphatic carbocycles. The number of rotatable bonds is 3. The highest BCUT2D eigenvalue weighted by atomic mass is 32.1. The first-order valence-corrected chi connectivity index (χ1v) is 10.4. The standard InChI is InChI=1S/C21H26N2O3S/c1-15-13-23(14-16(2)26-15)20(24)19-12-18(17-6-4-3-5-7-17)21(27-19)22-8-10-25-11-9-22/h3-7,12,15-16H,8-11,13-14H2,1-2H3/t15-,16-/m0/s1. The molecule has 0 unspecified atom stereocenters. The van der Waals surface area contributed by atoms with Gasteiger partial charge >= 0.3 is 0 Å². The number of hydrogen-bond acceptors (Lipinski definition) is 5. The minimum Gasteiger partial charge on any atom is -0.378 e. The van der Waals surface area contributed by atoms with Crippen molar-refractivity contribution in [1.29, 1.82) is 0 Å². The van der Waals surface area contributed by atoms with Gasteiger partial charge in [0.05, 0.1) is 35.3 Å². The van der Waals surface area contributed by atoms with Crippen LogP contribution in [0.3, 0.4) is 0 Å². The van der Waals surface area contributed by atoms with Crippen LogP contribution in [0.1, 0.15) is 23.5 Å². The second-order valence-corrected chi connectivity index (χ2v) is 8.29.